The van der Waals surface area contributed by atoms with E-state index in [0.29, 0.717) is 42.1 Å². The number of hydrogen-bond donors (Lipinski definition) is 2. The number of carbonyl (C=O) groups is 2. The molecule has 236 valence electrons. The number of amides is 1. The Balaban J connectivity index is 1.43. The Morgan fingerprint density at radius 3 is 2.87 bits per heavy atom. The first-order chi connectivity index (χ1) is 21.6. The molecule has 4 aliphatic heterocycles. The van der Waals surface area contributed by atoms with Crippen LogP contribution in [0.4, 0.5) is 0 Å². The first-order valence-electron chi connectivity index (χ1n) is 15.4. The number of allylic oxidation sites excluding steroid dienone is 2. The fourth-order valence-electron chi connectivity index (χ4n) is 7.24. The molecule has 5 aliphatic rings. The summed E-state index contributed by atoms with van der Waals surface area (Å²) in [6, 6.07) is 7.19. The Morgan fingerprint density at radius 2 is 2.09 bits per heavy atom. The number of benzene rings is 1. The molecule has 0 saturated carbocycles. The molecule has 0 radical (unpaired) electrons. The third kappa shape index (κ3) is 5.08. The molecule has 9 nitrogen and oxygen atoms in total. The summed E-state index contributed by atoms with van der Waals surface area (Å²) < 4.78 is 19.1. The molecule has 11 heteroatoms. The molecule has 1 fully saturated rings. The average molecular weight is 648 g/mol. The van der Waals surface area contributed by atoms with Crippen molar-refractivity contribution in [2.75, 3.05) is 24.6 Å². The number of fused-ring (bicyclic) bond motifs is 6. The van der Waals surface area contributed by atoms with E-state index in [1.165, 1.54) is 6.07 Å². The van der Waals surface area contributed by atoms with Crippen molar-refractivity contribution in [1.82, 2.24) is 10.2 Å². The number of rotatable bonds is 2. The number of ether oxygens (including phenoxy) is 2. The molecule has 4 unspecified atom stereocenters. The molecule has 5 heterocycles. The van der Waals surface area contributed by atoms with Crippen molar-refractivity contribution in [2.45, 2.75) is 63.7 Å². The van der Waals surface area contributed by atoms with Crippen LogP contribution in [0.15, 0.2) is 79.8 Å². The summed E-state index contributed by atoms with van der Waals surface area (Å²) in [7, 11) is 3.58. The summed E-state index contributed by atoms with van der Waals surface area (Å²) in [5, 5.41) is 4.05. The lowest BCUT2D eigenvalue weighted by atomic mass is 9.61. The van der Waals surface area contributed by atoms with E-state index in [1.54, 1.807) is 46.7 Å². The lowest BCUT2D eigenvalue weighted by Gasteiger charge is -2.53. The first kappa shape index (κ1) is 30.1. The van der Waals surface area contributed by atoms with Gasteiger partial charge in [-0.15, -0.1) is 0 Å². The van der Waals surface area contributed by atoms with Crippen LogP contribution in [0.5, 0.6) is 5.75 Å². The van der Waals surface area contributed by atoms with E-state index in [2.05, 4.69) is 11.4 Å². The minimum atomic E-state index is -1.10. The van der Waals surface area contributed by atoms with Crippen LogP contribution >= 0.6 is 21.6 Å². The minimum absolute atomic E-state index is 0.116. The number of nitrogens with one attached hydrogen (secondary N) is 1. The highest BCUT2D eigenvalue weighted by Gasteiger charge is 2.64. The molecule has 7 rings (SSSR count). The van der Waals surface area contributed by atoms with Gasteiger partial charge < -0.3 is 29.8 Å². The summed E-state index contributed by atoms with van der Waals surface area (Å²) in [4.78, 5) is 41.2. The van der Waals surface area contributed by atoms with Crippen LogP contribution in [0.3, 0.4) is 0 Å². The van der Waals surface area contributed by atoms with Crippen LogP contribution in [0.25, 0.3) is 11.0 Å². The second kappa shape index (κ2) is 11.3. The zero-order chi connectivity index (χ0) is 31.5. The SMILES string of the molecule is CC=C(C)C(=O)OC1(C)CC=C2CSSCC3CCN3C(=O)CC3=C(C=C(N)NC3)C2C12Cc1cc3ccc(=O)oc3cc1O2. The Bertz CT molecular complexity index is 1790. The third-order valence-electron chi connectivity index (χ3n) is 10.0. The molecule has 0 bridgehead atoms. The second-order valence-electron chi connectivity index (χ2n) is 12.7. The van der Waals surface area contributed by atoms with E-state index in [4.69, 9.17) is 19.6 Å². The van der Waals surface area contributed by atoms with E-state index >= 15 is 0 Å². The smallest absolute Gasteiger partial charge is 0.336 e. The minimum Gasteiger partial charge on any atom is -0.481 e. The van der Waals surface area contributed by atoms with Gasteiger partial charge in [-0.25, -0.2) is 9.59 Å². The molecule has 4 atom stereocenters. The lowest BCUT2D eigenvalue weighted by Crippen LogP contribution is -2.65. The summed E-state index contributed by atoms with van der Waals surface area (Å²) in [5.41, 5.74) is 8.77. The summed E-state index contributed by atoms with van der Waals surface area (Å²) in [6.45, 7) is 6.74. The molecule has 3 N–H and O–H groups in total. The van der Waals surface area contributed by atoms with E-state index in [-0.39, 0.29) is 24.3 Å². The Kier molecular flexibility index (Phi) is 7.59. The Morgan fingerprint density at radius 1 is 1.24 bits per heavy atom. The summed E-state index contributed by atoms with van der Waals surface area (Å²) in [5.74, 6) is 2.07. The van der Waals surface area contributed by atoms with Crippen LogP contribution < -0.4 is 21.4 Å². The van der Waals surface area contributed by atoms with Crippen molar-refractivity contribution in [3.8, 4) is 5.75 Å². The maximum atomic E-state index is 13.7. The van der Waals surface area contributed by atoms with Gasteiger partial charge in [-0.05, 0) is 62.1 Å². The number of carbonyl (C=O) groups excluding carboxylic acids is 2. The molecule has 1 saturated heterocycles. The predicted molar refractivity (Wildman–Crippen MR) is 177 cm³/mol. The van der Waals surface area contributed by atoms with Crippen LogP contribution in [0.1, 0.15) is 45.6 Å². The maximum Gasteiger partial charge on any atom is 0.336 e. The van der Waals surface area contributed by atoms with Crippen LogP contribution in [-0.2, 0) is 20.7 Å². The molecule has 45 heavy (non-hydrogen) atoms. The van der Waals surface area contributed by atoms with Crippen LogP contribution in [-0.4, -0.2) is 58.6 Å². The lowest BCUT2D eigenvalue weighted by molar-refractivity contribution is -0.186. The van der Waals surface area contributed by atoms with Crippen molar-refractivity contribution >= 4 is 44.4 Å². The molecule has 1 aliphatic carbocycles. The monoisotopic (exact) mass is 647 g/mol. The van der Waals surface area contributed by atoms with Gasteiger partial charge in [0.15, 0.2) is 11.2 Å². The first-order valence-corrected chi connectivity index (χ1v) is 17.9. The molecular formula is C34H37N3O6S2. The van der Waals surface area contributed by atoms with Gasteiger partial charge in [-0.1, -0.05) is 39.3 Å². The van der Waals surface area contributed by atoms with Gasteiger partial charge in [0.1, 0.15) is 11.3 Å². The number of dihydropyridines is 1. The number of nitrogens with two attached hydrogens (primary N) is 1. The quantitative estimate of drug-likeness (QED) is 0.155. The highest BCUT2D eigenvalue weighted by atomic mass is 33.1. The molecule has 2 aromatic rings. The topological polar surface area (TPSA) is 124 Å². The van der Waals surface area contributed by atoms with Gasteiger partial charge in [0, 0.05) is 66.6 Å². The Labute approximate surface area is 269 Å². The van der Waals surface area contributed by atoms with Crippen molar-refractivity contribution < 1.29 is 23.5 Å². The molecule has 1 amide bonds. The molecule has 1 aromatic carbocycles. The zero-order valence-electron chi connectivity index (χ0n) is 25.6. The highest BCUT2D eigenvalue weighted by molar-refractivity contribution is 8.76. The second-order valence-corrected chi connectivity index (χ2v) is 15.2. The van der Waals surface area contributed by atoms with E-state index in [1.807, 2.05) is 30.9 Å². The van der Waals surface area contributed by atoms with Gasteiger partial charge in [0.25, 0.3) is 0 Å². The fraction of sp³-hybridized carbons (Fsp3) is 0.441. The van der Waals surface area contributed by atoms with Crippen molar-refractivity contribution in [2.24, 2.45) is 11.7 Å². The molecular weight excluding hydrogens is 611 g/mol. The molecule has 1 spiro atoms. The van der Waals surface area contributed by atoms with Gasteiger partial charge in [0.2, 0.25) is 5.91 Å². The fourth-order valence-corrected chi connectivity index (χ4v) is 9.76. The van der Waals surface area contributed by atoms with Crippen molar-refractivity contribution in [3.05, 3.63) is 86.6 Å². The third-order valence-corrected chi connectivity index (χ3v) is 12.4. The zero-order valence-corrected chi connectivity index (χ0v) is 27.3. The molecule has 1 aromatic heterocycles. The predicted octanol–water partition coefficient (Wildman–Crippen LogP) is 4.77. The maximum absolute atomic E-state index is 13.7. The Hall–Kier alpha value is -3.57. The number of nitrogens with zero attached hydrogens (tertiary/aromatic N) is 1. The highest BCUT2D eigenvalue weighted by Crippen LogP contribution is 2.57. The summed E-state index contributed by atoms with van der Waals surface area (Å²) >= 11 is 0. The van der Waals surface area contributed by atoms with Crippen LogP contribution in [0.2, 0.25) is 0 Å². The summed E-state index contributed by atoms with van der Waals surface area (Å²) in [6.07, 6.45) is 8.08. The van der Waals surface area contributed by atoms with E-state index < -0.39 is 22.8 Å². The standard InChI is InChI=1S/C34H37N3O6S2/c1-4-19(2)32(40)43-33(3)9-7-21-17-44-45-18-24-8-10-37(24)29(38)12-23-16-36-28(35)13-25(23)31(21)34(33)15-22-11-20-5-6-30(39)41-26(20)14-27(22)42-34/h4-7,11,13-14,24,31,36H,8-10,12,15-18,35H2,1-3H3. The van der Waals surface area contributed by atoms with Crippen molar-refractivity contribution in [1.29, 1.82) is 0 Å². The van der Waals surface area contributed by atoms with Gasteiger partial charge in [-0.2, -0.15) is 0 Å². The normalized spacial score (nSPS) is 29.9. The van der Waals surface area contributed by atoms with Gasteiger partial charge in [-0.3, -0.25) is 4.79 Å². The van der Waals surface area contributed by atoms with Crippen molar-refractivity contribution in [3.63, 3.8) is 0 Å². The van der Waals surface area contributed by atoms with E-state index in [9.17, 15) is 14.4 Å². The average Bonchev–Trinajstić information content (AvgIpc) is 3.36. The van der Waals surface area contributed by atoms with Crippen LogP contribution in [0, 0.1) is 5.92 Å². The number of hydrogen-bond acceptors (Lipinski definition) is 10. The van der Waals surface area contributed by atoms with E-state index in [0.717, 1.165) is 52.1 Å². The largest absolute Gasteiger partial charge is 0.481 e. The van der Waals surface area contributed by atoms with Gasteiger partial charge >= 0.3 is 11.6 Å². The number of esters is 1. The van der Waals surface area contributed by atoms with Gasteiger partial charge in [0.05, 0.1) is 18.2 Å².